The number of ether oxygens (including phenoxy) is 4. The van der Waals surface area contributed by atoms with E-state index in [2.05, 4.69) is 9.64 Å². The van der Waals surface area contributed by atoms with E-state index in [1.165, 1.54) is 13.2 Å². The summed E-state index contributed by atoms with van der Waals surface area (Å²) in [4.78, 5) is 16.7. The normalized spacial score (nSPS) is 13.2. The summed E-state index contributed by atoms with van der Waals surface area (Å²) < 4.78 is 45.4. The van der Waals surface area contributed by atoms with Gasteiger partial charge in [-0.1, -0.05) is 12.1 Å². The van der Waals surface area contributed by atoms with Gasteiger partial charge in [0.25, 0.3) is 0 Å². The maximum atomic E-state index is 13.0. The Morgan fingerprint density at radius 1 is 0.909 bits per heavy atom. The number of amides is 1. The van der Waals surface area contributed by atoms with Gasteiger partial charge >= 0.3 is 6.61 Å². The molecule has 180 valence electrons. The molecule has 9 heteroatoms. The van der Waals surface area contributed by atoms with E-state index in [1.54, 1.807) is 38.3 Å². The number of alkyl halides is 2. The fraction of sp³-hybridized carbons (Fsp3) is 0.458. The maximum Gasteiger partial charge on any atom is 0.387 e. The molecule has 0 heterocycles. The number of carbonyl (C=O) groups excluding carboxylic acids is 1. The van der Waals surface area contributed by atoms with Crippen molar-refractivity contribution in [3.8, 4) is 23.0 Å². The van der Waals surface area contributed by atoms with Gasteiger partial charge in [0.05, 0.1) is 27.9 Å². The molecule has 7 nitrogen and oxygen atoms in total. The van der Waals surface area contributed by atoms with Gasteiger partial charge in [-0.3, -0.25) is 9.69 Å². The van der Waals surface area contributed by atoms with Crippen LogP contribution in [0, 0.1) is 0 Å². The molecule has 1 fully saturated rings. The highest BCUT2D eigenvalue weighted by Crippen LogP contribution is 2.33. The largest absolute Gasteiger partial charge is 0.493 e. The predicted molar refractivity (Wildman–Crippen MR) is 119 cm³/mol. The van der Waals surface area contributed by atoms with Gasteiger partial charge in [0, 0.05) is 26.2 Å². The predicted octanol–water partition coefficient (Wildman–Crippen LogP) is 3.94. The Balaban J connectivity index is 1.64. The van der Waals surface area contributed by atoms with Crippen LogP contribution in [0.2, 0.25) is 0 Å². The lowest BCUT2D eigenvalue weighted by Crippen LogP contribution is -2.38. The van der Waals surface area contributed by atoms with Crippen molar-refractivity contribution >= 4 is 5.91 Å². The van der Waals surface area contributed by atoms with Gasteiger partial charge in [-0.15, -0.1) is 0 Å². The third-order valence-corrected chi connectivity index (χ3v) is 5.52. The van der Waals surface area contributed by atoms with E-state index >= 15 is 0 Å². The van der Waals surface area contributed by atoms with E-state index in [-0.39, 0.29) is 24.0 Å². The van der Waals surface area contributed by atoms with Gasteiger partial charge in [0.2, 0.25) is 5.91 Å². The monoisotopic (exact) mass is 464 g/mol. The lowest BCUT2D eigenvalue weighted by Gasteiger charge is -2.25. The molecule has 3 rings (SSSR count). The molecule has 0 aromatic heterocycles. The molecule has 2 aromatic rings. The van der Waals surface area contributed by atoms with Gasteiger partial charge in [0.1, 0.15) is 0 Å². The number of hydrogen-bond acceptors (Lipinski definition) is 6. The number of nitrogens with zero attached hydrogens (tertiary/aromatic N) is 2. The lowest BCUT2D eigenvalue weighted by molar-refractivity contribution is -0.132. The number of carbonyl (C=O) groups is 1. The average Bonchev–Trinajstić information content (AvgIpc) is 3.64. The Hall–Kier alpha value is -3.07. The summed E-state index contributed by atoms with van der Waals surface area (Å²) in [6, 6.07) is 10.8. The molecule has 33 heavy (non-hydrogen) atoms. The number of benzene rings is 2. The second kappa shape index (κ2) is 11.2. The van der Waals surface area contributed by atoms with E-state index in [1.807, 2.05) is 18.2 Å². The molecule has 0 unspecified atom stereocenters. The highest BCUT2D eigenvalue weighted by molar-refractivity contribution is 5.78. The Morgan fingerprint density at radius 2 is 1.45 bits per heavy atom. The smallest absolute Gasteiger partial charge is 0.387 e. The van der Waals surface area contributed by atoms with Crippen LogP contribution in [0.5, 0.6) is 23.0 Å². The molecule has 1 aliphatic carbocycles. The fourth-order valence-corrected chi connectivity index (χ4v) is 3.63. The van der Waals surface area contributed by atoms with E-state index in [0.717, 1.165) is 24.0 Å². The molecule has 0 aliphatic heterocycles. The quantitative estimate of drug-likeness (QED) is 0.474. The first kappa shape index (κ1) is 24.6. The Labute approximate surface area is 192 Å². The van der Waals surface area contributed by atoms with Gasteiger partial charge in [-0.2, -0.15) is 8.78 Å². The van der Waals surface area contributed by atoms with Crippen LogP contribution in [-0.2, 0) is 17.9 Å². The SMILES string of the molecule is COc1ccc(CN(C)C(=O)CN(Cc2ccc(OC(F)F)c(OC)c2)C2CC2)cc1OC. The molecule has 1 amide bonds. The fourth-order valence-electron chi connectivity index (χ4n) is 3.63. The summed E-state index contributed by atoms with van der Waals surface area (Å²) >= 11 is 0. The number of hydrogen-bond donors (Lipinski definition) is 0. The lowest BCUT2D eigenvalue weighted by atomic mass is 10.1. The summed E-state index contributed by atoms with van der Waals surface area (Å²) in [5.74, 6) is 1.46. The van der Waals surface area contributed by atoms with Crippen LogP contribution >= 0.6 is 0 Å². The molecule has 0 atom stereocenters. The van der Waals surface area contributed by atoms with E-state index in [4.69, 9.17) is 14.2 Å². The Morgan fingerprint density at radius 3 is 2.00 bits per heavy atom. The van der Waals surface area contributed by atoms with E-state index < -0.39 is 6.61 Å². The van der Waals surface area contributed by atoms with E-state index in [0.29, 0.717) is 30.6 Å². The van der Waals surface area contributed by atoms with Crippen molar-refractivity contribution in [3.05, 3.63) is 47.5 Å². The first-order valence-corrected chi connectivity index (χ1v) is 10.6. The van der Waals surface area contributed by atoms with Gasteiger partial charge in [-0.25, -0.2) is 0 Å². The minimum atomic E-state index is -2.92. The Kier molecular flexibility index (Phi) is 8.32. The van der Waals surface area contributed by atoms with Crippen molar-refractivity contribution in [1.82, 2.24) is 9.80 Å². The van der Waals surface area contributed by atoms with E-state index in [9.17, 15) is 13.6 Å². The molecular formula is C24H30F2N2O5. The maximum absolute atomic E-state index is 13.0. The average molecular weight is 465 g/mol. The molecule has 0 N–H and O–H groups in total. The number of methoxy groups -OCH3 is 3. The van der Waals surface area contributed by atoms with Gasteiger partial charge in [-0.05, 0) is 48.2 Å². The summed E-state index contributed by atoms with van der Waals surface area (Å²) in [6.07, 6.45) is 2.05. The minimum absolute atomic E-state index is 0.0127. The van der Waals surface area contributed by atoms with Crippen molar-refractivity contribution in [3.63, 3.8) is 0 Å². The third kappa shape index (κ3) is 6.71. The summed E-state index contributed by atoms with van der Waals surface area (Å²) in [6.45, 7) is -1.73. The summed E-state index contributed by atoms with van der Waals surface area (Å²) in [5, 5.41) is 0. The number of halogens is 2. The molecular weight excluding hydrogens is 434 g/mol. The first-order valence-electron chi connectivity index (χ1n) is 10.6. The molecule has 1 saturated carbocycles. The molecule has 2 aromatic carbocycles. The zero-order valence-corrected chi connectivity index (χ0v) is 19.3. The zero-order chi connectivity index (χ0) is 24.0. The summed E-state index contributed by atoms with van der Waals surface area (Å²) in [7, 11) is 6.33. The van der Waals surface area contributed by atoms with Crippen LogP contribution in [-0.4, -0.2) is 63.3 Å². The molecule has 0 radical (unpaired) electrons. The molecule has 0 saturated heterocycles. The first-order chi connectivity index (χ1) is 15.8. The van der Waals surface area contributed by atoms with Crippen LogP contribution in [0.4, 0.5) is 8.78 Å². The molecule has 0 spiro atoms. The van der Waals surface area contributed by atoms with Crippen LogP contribution in [0.15, 0.2) is 36.4 Å². The van der Waals surface area contributed by atoms with Crippen LogP contribution in [0.25, 0.3) is 0 Å². The van der Waals surface area contributed by atoms with Crippen LogP contribution < -0.4 is 18.9 Å². The zero-order valence-electron chi connectivity index (χ0n) is 19.3. The highest BCUT2D eigenvalue weighted by atomic mass is 19.3. The van der Waals surface area contributed by atoms with Crippen molar-refractivity contribution in [2.45, 2.75) is 38.6 Å². The van der Waals surface area contributed by atoms with Crippen molar-refractivity contribution in [2.75, 3.05) is 34.9 Å². The minimum Gasteiger partial charge on any atom is -0.493 e. The summed E-state index contributed by atoms with van der Waals surface area (Å²) in [5.41, 5.74) is 1.79. The van der Waals surface area contributed by atoms with Crippen molar-refractivity contribution < 1.29 is 32.5 Å². The second-order valence-corrected chi connectivity index (χ2v) is 7.94. The van der Waals surface area contributed by atoms with Crippen molar-refractivity contribution in [2.24, 2.45) is 0 Å². The molecule has 0 bridgehead atoms. The van der Waals surface area contributed by atoms with Gasteiger partial charge in [0.15, 0.2) is 23.0 Å². The highest BCUT2D eigenvalue weighted by Gasteiger charge is 2.31. The number of likely N-dealkylation sites (N-methyl/N-ethyl adjacent to an activating group) is 1. The topological polar surface area (TPSA) is 60.5 Å². The molecule has 1 aliphatic rings. The Bertz CT molecular complexity index is 952. The van der Waals surface area contributed by atoms with Crippen molar-refractivity contribution in [1.29, 1.82) is 0 Å². The third-order valence-electron chi connectivity index (χ3n) is 5.52. The van der Waals surface area contributed by atoms with Crippen LogP contribution in [0.3, 0.4) is 0 Å². The second-order valence-electron chi connectivity index (χ2n) is 7.94. The van der Waals surface area contributed by atoms with Gasteiger partial charge < -0.3 is 23.8 Å². The number of rotatable bonds is 12. The van der Waals surface area contributed by atoms with Crippen LogP contribution in [0.1, 0.15) is 24.0 Å². The standard InChI is InChI=1S/C24H30F2N2O5/c1-27(13-16-5-9-19(30-2)21(11-16)31-3)23(29)15-28(18-7-8-18)14-17-6-10-20(33-24(25)26)22(12-17)32-4/h5-6,9-12,18,24H,7-8,13-15H2,1-4H3.